The van der Waals surface area contributed by atoms with Crippen LogP contribution < -0.4 is 10.0 Å². The van der Waals surface area contributed by atoms with Crippen LogP contribution in [0, 0.1) is 0 Å². The zero-order chi connectivity index (χ0) is 23.5. The van der Waals surface area contributed by atoms with Gasteiger partial charge in [0.15, 0.2) is 0 Å². The van der Waals surface area contributed by atoms with Gasteiger partial charge in [-0.15, -0.1) is 0 Å². The van der Waals surface area contributed by atoms with Gasteiger partial charge in [-0.1, -0.05) is 6.07 Å². The number of carbonyl (C=O) groups is 1. The first-order valence-electron chi connectivity index (χ1n) is 10.9. The number of anilines is 1. The van der Waals surface area contributed by atoms with Gasteiger partial charge in [-0.2, -0.15) is 4.31 Å². The second-order valence-corrected chi connectivity index (χ2v) is 11.8. The number of ether oxygens (including phenoxy) is 1. The van der Waals surface area contributed by atoms with Crippen LogP contribution in [0.15, 0.2) is 58.3 Å². The lowest BCUT2D eigenvalue weighted by Crippen LogP contribution is -2.32. The molecule has 0 bridgehead atoms. The van der Waals surface area contributed by atoms with Crippen molar-refractivity contribution < 1.29 is 26.4 Å². The molecule has 2 aromatic carbocycles. The standard InChI is InChI=1S/C22H27N3O6S2/c26-22(24-18-8-10-20(11-9-18)33(29,30)25-12-1-2-13-25)17-5-3-7-21(15-17)32(27,28)23-16-19-6-4-14-31-19/h3,5,7-11,15,19,23H,1-2,4,6,12-14,16H2,(H,24,26)/t19-/m1/s1. The Morgan fingerprint density at radius 3 is 2.36 bits per heavy atom. The van der Waals surface area contributed by atoms with E-state index in [-0.39, 0.29) is 28.0 Å². The zero-order valence-corrected chi connectivity index (χ0v) is 19.7. The summed E-state index contributed by atoms with van der Waals surface area (Å²) in [7, 11) is -7.32. The molecule has 1 amide bonds. The summed E-state index contributed by atoms with van der Waals surface area (Å²) < 4.78 is 59.9. The summed E-state index contributed by atoms with van der Waals surface area (Å²) in [5.74, 6) is -0.499. The molecule has 0 aliphatic carbocycles. The van der Waals surface area contributed by atoms with Crippen LogP contribution in [0.4, 0.5) is 5.69 Å². The average molecular weight is 494 g/mol. The average Bonchev–Trinajstić information content (AvgIpc) is 3.53. The van der Waals surface area contributed by atoms with Gasteiger partial charge in [0, 0.05) is 37.5 Å². The lowest BCUT2D eigenvalue weighted by molar-refractivity contribution is 0.102. The van der Waals surface area contributed by atoms with Crippen LogP contribution in [-0.4, -0.2) is 59.4 Å². The maximum atomic E-state index is 12.7. The van der Waals surface area contributed by atoms with Gasteiger partial charge in [-0.3, -0.25) is 4.79 Å². The van der Waals surface area contributed by atoms with E-state index in [9.17, 15) is 21.6 Å². The molecule has 1 atom stereocenters. The molecule has 178 valence electrons. The number of benzene rings is 2. The number of nitrogens with zero attached hydrogens (tertiary/aromatic N) is 1. The van der Waals surface area contributed by atoms with E-state index in [1.54, 1.807) is 0 Å². The van der Waals surface area contributed by atoms with Crippen LogP contribution in [0.2, 0.25) is 0 Å². The molecule has 2 fully saturated rings. The summed E-state index contributed by atoms with van der Waals surface area (Å²) in [4.78, 5) is 12.8. The molecule has 2 aliphatic rings. The van der Waals surface area contributed by atoms with Crippen LogP contribution in [0.25, 0.3) is 0 Å². The van der Waals surface area contributed by atoms with Gasteiger partial charge < -0.3 is 10.1 Å². The highest BCUT2D eigenvalue weighted by atomic mass is 32.2. The highest BCUT2D eigenvalue weighted by Crippen LogP contribution is 2.23. The molecule has 2 aromatic rings. The molecule has 0 aromatic heterocycles. The Morgan fingerprint density at radius 1 is 0.970 bits per heavy atom. The Balaban J connectivity index is 1.42. The van der Waals surface area contributed by atoms with Gasteiger partial charge >= 0.3 is 0 Å². The maximum Gasteiger partial charge on any atom is 0.255 e. The SMILES string of the molecule is O=C(Nc1ccc(S(=O)(=O)N2CCCC2)cc1)c1cccc(S(=O)(=O)NC[C@H]2CCCO2)c1. The summed E-state index contributed by atoms with van der Waals surface area (Å²) in [5.41, 5.74) is 0.578. The van der Waals surface area contributed by atoms with Crippen LogP contribution in [0.3, 0.4) is 0 Å². The number of hydrogen-bond donors (Lipinski definition) is 2. The van der Waals surface area contributed by atoms with Gasteiger partial charge in [0.05, 0.1) is 15.9 Å². The molecule has 11 heteroatoms. The molecular weight excluding hydrogens is 466 g/mol. The largest absolute Gasteiger partial charge is 0.377 e. The molecule has 2 N–H and O–H groups in total. The van der Waals surface area contributed by atoms with E-state index < -0.39 is 26.0 Å². The molecule has 0 unspecified atom stereocenters. The first-order valence-corrected chi connectivity index (χ1v) is 13.8. The Bertz CT molecular complexity index is 1200. The zero-order valence-electron chi connectivity index (χ0n) is 18.1. The van der Waals surface area contributed by atoms with Gasteiger partial charge in [0.25, 0.3) is 5.91 Å². The van der Waals surface area contributed by atoms with E-state index in [0.29, 0.717) is 25.4 Å². The van der Waals surface area contributed by atoms with Crippen LogP contribution >= 0.6 is 0 Å². The fourth-order valence-corrected chi connectivity index (χ4v) is 6.52. The monoisotopic (exact) mass is 493 g/mol. The van der Waals surface area contributed by atoms with E-state index >= 15 is 0 Å². The molecule has 0 saturated carbocycles. The molecule has 0 radical (unpaired) electrons. The van der Waals surface area contributed by atoms with Gasteiger partial charge in [-0.05, 0) is 68.1 Å². The predicted molar refractivity (Wildman–Crippen MR) is 123 cm³/mol. The Hall–Kier alpha value is -2.31. The topological polar surface area (TPSA) is 122 Å². The summed E-state index contributed by atoms with van der Waals surface area (Å²) in [5, 5.41) is 2.68. The molecule has 33 heavy (non-hydrogen) atoms. The first kappa shape index (κ1) is 23.8. The van der Waals surface area contributed by atoms with Crippen molar-refractivity contribution in [1.29, 1.82) is 0 Å². The van der Waals surface area contributed by atoms with E-state index in [1.807, 2.05) is 0 Å². The molecule has 9 nitrogen and oxygen atoms in total. The third-order valence-electron chi connectivity index (χ3n) is 5.75. The molecule has 2 saturated heterocycles. The normalized spacial score (nSPS) is 19.6. The van der Waals surface area contributed by atoms with Crippen molar-refractivity contribution in [3.05, 3.63) is 54.1 Å². The van der Waals surface area contributed by atoms with Crippen molar-refractivity contribution >= 4 is 31.6 Å². The lowest BCUT2D eigenvalue weighted by Gasteiger charge is -2.15. The second kappa shape index (κ2) is 9.90. The van der Waals surface area contributed by atoms with Gasteiger partial charge in [-0.25, -0.2) is 21.6 Å². The van der Waals surface area contributed by atoms with Crippen molar-refractivity contribution in [3.63, 3.8) is 0 Å². The molecule has 0 spiro atoms. The quantitative estimate of drug-likeness (QED) is 0.581. The summed E-state index contributed by atoms with van der Waals surface area (Å²) in [6, 6.07) is 11.7. The van der Waals surface area contributed by atoms with Gasteiger partial charge in [0.2, 0.25) is 20.0 Å². The van der Waals surface area contributed by atoms with Crippen molar-refractivity contribution in [2.24, 2.45) is 0 Å². The summed E-state index contributed by atoms with van der Waals surface area (Å²) >= 11 is 0. The van der Waals surface area contributed by atoms with Crippen LogP contribution in [0.5, 0.6) is 0 Å². The number of carbonyl (C=O) groups excluding carboxylic acids is 1. The number of nitrogens with one attached hydrogen (secondary N) is 2. The first-order chi connectivity index (χ1) is 15.8. The minimum atomic E-state index is -3.79. The maximum absolute atomic E-state index is 12.7. The molecule has 4 rings (SSSR count). The Kier molecular flexibility index (Phi) is 7.15. The van der Waals surface area contributed by atoms with Crippen LogP contribution in [-0.2, 0) is 24.8 Å². The predicted octanol–water partition coefficient (Wildman–Crippen LogP) is 2.18. The van der Waals surface area contributed by atoms with E-state index in [0.717, 1.165) is 25.7 Å². The fraction of sp³-hybridized carbons (Fsp3) is 0.409. The molecular formula is C22H27N3O6S2. The summed E-state index contributed by atoms with van der Waals surface area (Å²) in [6.45, 7) is 1.85. The minimum absolute atomic E-state index is 0.0137. The van der Waals surface area contributed by atoms with E-state index in [4.69, 9.17) is 4.74 Å². The number of sulfonamides is 2. The summed E-state index contributed by atoms with van der Waals surface area (Å²) in [6.07, 6.45) is 3.29. The van der Waals surface area contributed by atoms with Gasteiger partial charge in [0.1, 0.15) is 0 Å². The number of hydrogen-bond acceptors (Lipinski definition) is 6. The van der Waals surface area contributed by atoms with Crippen molar-refractivity contribution in [2.75, 3.05) is 31.6 Å². The smallest absolute Gasteiger partial charge is 0.255 e. The highest BCUT2D eigenvalue weighted by Gasteiger charge is 2.27. The number of amides is 1. The Labute approximate surface area is 194 Å². The minimum Gasteiger partial charge on any atom is -0.377 e. The van der Waals surface area contributed by atoms with E-state index in [2.05, 4.69) is 10.0 Å². The third kappa shape index (κ3) is 5.61. The van der Waals surface area contributed by atoms with Crippen molar-refractivity contribution in [3.8, 4) is 0 Å². The van der Waals surface area contributed by atoms with E-state index in [1.165, 1.54) is 52.8 Å². The van der Waals surface area contributed by atoms with Crippen LogP contribution in [0.1, 0.15) is 36.0 Å². The molecule has 2 aliphatic heterocycles. The fourth-order valence-electron chi connectivity index (χ4n) is 3.89. The molecule has 2 heterocycles. The third-order valence-corrected chi connectivity index (χ3v) is 9.08. The number of rotatable bonds is 8. The Morgan fingerprint density at radius 2 is 1.70 bits per heavy atom. The van der Waals surface area contributed by atoms with Crippen molar-refractivity contribution in [2.45, 2.75) is 41.6 Å². The highest BCUT2D eigenvalue weighted by molar-refractivity contribution is 7.89. The second-order valence-electron chi connectivity index (χ2n) is 8.10. The van der Waals surface area contributed by atoms with Crippen molar-refractivity contribution in [1.82, 2.24) is 9.03 Å². The lowest BCUT2D eigenvalue weighted by atomic mass is 10.2.